The van der Waals surface area contributed by atoms with E-state index in [2.05, 4.69) is 0 Å². The fourth-order valence-electron chi connectivity index (χ4n) is 6.06. The van der Waals surface area contributed by atoms with Gasteiger partial charge in [0, 0.05) is 5.56 Å². The summed E-state index contributed by atoms with van der Waals surface area (Å²) in [5.74, 6) is -3.94. The van der Waals surface area contributed by atoms with Crippen molar-refractivity contribution >= 4 is 46.8 Å². The Morgan fingerprint density at radius 3 is 1.66 bits per heavy atom. The van der Waals surface area contributed by atoms with Crippen LogP contribution in [0, 0.1) is 11.8 Å². The minimum atomic E-state index is -1.33. The van der Waals surface area contributed by atoms with Crippen molar-refractivity contribution in [2.45, 2.75) is 9.75 Å². The number of carbonyl (C=O) groups excluding carboxylic acids is 4. The molecule has 2 atom stereocenters. The molecule has 0 spiro atoms. The Labute approximate surface area is 228 Å². The van der Waals surface area contributed by atoms with Crippen molar-refractivity contribution in [3.63, 3.8) is 0 Å². The van der Waals surface area contributed by atoms with Crippen LogP contribution in [0.2, 0.25) is 0 Å². The van der Waals surface area contributed by atoms with Crippen LogP contribution in [-0.2, 0) is 28.9 Å². The van der Waals surface area contributed by atoms with E-state index in [1.165, 1.54) is 7.11 Å². The summed E-state index contributed by atoms with van der Waals surface area (Å²) in [6, 6.07) is 20.9. The molecule has 0 N–H and O–H groups in total. The summed E-state index contributed by atoms with van der Waals surface area (Å²) in [5.41, 5.74) is 3.03. The second-order valence-corrected chi connectivity index (χ2v) is 10.7. The molecule has 2 bridgehead atoms. The maximum Gasteiger partial charge on any atom is 0.326 e. The van der Waals surface area contributed by atoms with Gasteiger partial charge in [-0.05, 0) is 46.5 Å². The number of hydrogen-bond donors (Lipinski definition) is 0. The minimum absolute atomic E-state index is 0.332. The molecule has 2 amide bonds. The van der Waals surface area contributed by atoms with Crippen LogP contribution in [0.1, 0.15) is 32.6 Å². The molecule has 0 unspecified atom stereocenters. The highest BCUT2D eigenvalue weighted by Crippen LogP contribution is 2.69. The van der Waals surface area contributed by atoms with Gasteiger partial charge in [-0.3, -0.25) is 24.1 Å². The molecule has 192 valence electrons. The molecular formula is C29H21Cl2NO6. The topological polar surface area (TPSA) is 90.0 Å². The van der Waals surface area contributed by atoms with Gasteiger partial charge in [-0.2, -0.15) is 0 Å². The first-order valence-corrected chi connectivity index (χ1v) is 12.7. The van der Waals surface area contributed by atoms with Gasteiger partial charge in [-0.25, -0.2) is 0 Å². The van der Waals surface area contributed by atoms with Crippen molar-refractivity contribution in [1.29, 1.82) is 0 Å². The summed E-state index contributed by atoms with van der Waals surface area (Å²) in [5, 5.41) is 0. The third-order valence-electron chi connectivity index (χ3n) is 7.74. The van der Waals surface area contributed by atoms with E-state index in [9.17, 15) is 19.2 Å². The zero-order valence-corrected chi connectivity index (χ0v) is 21.7. The summed E-state index contributed by atoms with van der Waals surface area (Å²) >= 11 is 14.7. The number of likely N-dealkylation sites (tertiary alicyclic amines) is 1. The van der Waals surface area contributed by atoms with Gasteiger partial charge in [0.15, 0.2) is 12.4 Å². The van der Waals surface area contributed by atoms with Gasteiger partial charge in [0.1, 0.15) is 22.0 Å². The number of nitrogens with zero attached hydrogens (tertiary/aromatic N) is 1. The maximum absolute atomic E-state index is 13.7. The molecule has 1 aliphatic heterocycles. The molecule has 0 radical (unpaired) electrons. The fraction of sp³-hybridized carbons (Fsp3) is 0.241. The summed E-state index contributed by atoms with van der Waals surface area (Å²) < 4.78 is 10.2. The van der Waals surface area contributed by atoms with Crippen LogP contribution >= 0.6 is 23.2 Å². The lowest BCUT2D eigenvalue weighted by Gasteiger charge is -2.54. The lowest BCUT2D eigenvalue weighted by molar-refractivity contribution is -0.152. The zero-order valence-electron chi connectivity index (χ0n) is 20.1. The molecule has 4 aliphatic rings. The summed E-state index contributed by atoms with van der Waals surface area (Å²) in [6.45, 7) is -1.18. The van der Waals surface area contributed by atoms with Gasteiger partial charge in [0.25, 0.3) is 0 Å². The molecule has 1 saturated heterocycles. The Bertz CT molecular complexity index is 1400. The van der Waals surface area contributed by atoms with Crippen molar-refractivity contribution < 1.29 is 28.7 Å². The number of rotatable bonds is 6. The van der Waals surface area contributed by atoms with Crippen LogP contribution in [0.5, 0.6) is 5.75 Å². The van der Waals surface area contributed by atoms with Gasteiger partial charge < -0.3 is 9.47 Å². The SMILES string of the molecule is COc1ccc(C(=O)COC(=O)CN2C(=O)[C@@H]3[C@@H](C2=O)C2(Cl)c4ccccc4C3(Cl)c3ccccc32)cc1. The summed E-state index contributed by atoms with van der Waals surface area (Å²) in [6.07, 6.45) is 0. The van der Waals surface area contributed by atoms with E-state index in [-0.39, 0.29) is 0 Å². The van der Waals surface area contributed by atoms with Gasteiger partial charge in [-0.15, -0.1) is 23.2 Å². The number of amides is 2. The van der Waals surface area contributed by atoms with Gasteiger partial charge in [-0.1, -0.05) is 48.5 Å². The first-order chi connectivity index (χ1) is 18.2. The largest absolute Gasteiger partial charge is 0.497 e. The molecule has 3 aromatic rings. The van der Waals surface area contributed by atoms with Crippen LogP contribution in [-0.4, -0.2) is 48.7 Å². The molecule has 1 heterocycles. The van der Waals surface area contributed by atoms with E-state index in [1.807, 2.05) is 48.5 Å². The van der Waals surface area contributed by atoms with E-state index in [4.69, 9.17) is 32.7 Å². The fourth-order valence-corrected chi connectivity index (χ4v) is 7.16. The second-order valence-electron chi connectivity index (χ2n) is 9.55. The number of ether oxygens (including phenoxy) is 2. The molecule has 9 heteroatoms. The predicted molar refractivity (Wildman–Crippen MR) is 138 cm³/mol. The summed E-state index contributed by atoms with van der Waals surface area (Å²) in [4.78, 5) is 50.8. The van der Waals surface area contributed by atoms with E-state index in [0.717, 1.165) is 4.90 Å². The third kappa shape index (κ3) is 3.21. The third-order valence-corrected chi connectivity index (χ3v) is 9.02. The van der Waals surface area contributed by atoms with Crippen LogP contribution in [0.4, 0.5) is 0 Å². The number of benzene rings is 3. The zero-order chi connectivity index (χ0) is 26.8. The first-order valence-electron chi connectivity index (χ1n) is 12.0. The molecule has 38 heavy (non-hydrogen) atoms. The Morgan fingerprint density at radius 2 is 1.24 bits per heavy atom. The summed E-state index contributed by atoms with van der Waals surface area (Å²) in [7, 11) is 1.51. The highest BCUT2D eigenvalue weighted by molar-refractivity contribution is 6.36. The number of hydrogen-bond acceptors (Lipinski definition) is 6. The molecule has 1 fully saturated rings. The quantitative estimate of drug-likeness (QED) is 0.200. The second kappa shape index (κ2) is 8.68. The van der Waals surface area contributed by atoms with E-state index < -0.39 is 58.3 Å². The van der Waals surface area contributed by atoms with Crippen LogP contribution in [0.15, 0.2) is 72.8 Å². The van der Waals surface area contributed by atoms with Crippen molar-refractivity contribution in [1.82, 2.24) is 4.90 Å². The molecule has 0 saturated carbocycles. The van der Waals surface area contributed by atoms with Crippen molar-refractivity contribution in [2.75, 3.05) is 20.3 Å². The molecule has 0 aromatic heterocycles. The van der Waals surface area contributed by atoms with E-state index in [1.54, 1.807) is 24.3 Å². The van der Waals surface area contributed by atoms with Gasteiger partial charge in [0.2, 0.25) is 11.8 Å². The maximum atomic E-state index is 13.7. The minimum Gasteiger partial charge on any atom is -0.497 e. The first kappa shape index (κ1) is 24.6. The number of halogens is 2. The standard InChI is InChI=1S/C29H21Cl2NO6/c1-37-17-12-10-16(11-13-17)22(33)15-38-23(34)14-32-26(35)24-25(27(32)36)29(31)19-7-3-2-6-18(19)28(24,30)20-8-4-5-9-21(20)29/h2-13,24-25H,14-15H2,1H3/t24-,25-,28?,29?/m0/s1. The van der Waals surface area contributed by atoms with Crippen molar-refractivity contribution in [3.8, 4) is 5.75 Å². The predicted octanol–water partition coefficient (Wildman–Crippen LogP) is 4.01. The highest BCUT2D eigenvalue weighted by atomic mass is 35.5. The Balaban J connectivity index is 1.27. The van der Waals surface area contributed by atoms with Crippen molar-refractivity contribution in [2.24, 2.45) is 11.8 Å². The molecular weight excluding hydrogens is 529 g/mol. The number of imide groups is 1. The number of esters is 1. The number of alkyl halides is 2. The number of methoxy groups -OCH3 is 1. The average Bonchev–Trinajstić information content (AvgIpc) is 3.20. The average molecular weight is 550 g/mol. The molecule has 3 aliphatic carbocycles. The lowest BCUT2D eigenvalue weighted by atomic mass is 9.54. The normalized spacial score (nSPS) is 26.4. The van der Waals surface area contributed by atoms with Crippen LogP contribution in [0.25, 0.3) is 0 Å². The number of Topliss-reactive ketones (excluding diaryl/α,β-unsaturated/α-hetero) is 1. The Kier molecular flexibility index (Phi) is 5.63. The lowest BCUT2D eigenvalue weighted by Crippen LogP contribution is -2.57. The molecule has 7 rings (SSSR count). The number of carbonyl (C=O) groups is 4. The van der Waals surface area contributed by atoms with E-state index in [0.29, 0.717) is 33.6 Å². The van der Waals surface area contributed by atoms with Crippen molar-refractivity contribution in [3.05, 3.63) is 101 Å². The Morgan fingerprint density at radius 1 is 0.789 bits per heavy atom. The van der Waals surface area contributed by atoms with Gasteiger partial charge in [0.05, 0.1) is 18.9 Å². The number of ketones is 1. The van der Waals surface area contributed by atoms with Crippen LogP contribution in [0.3, 0.4) is 0 Å². The van der Waals surface area contributed by atoms with Gasteiger partial charge >= 0.3 is 5.97 Å². The van der Waals surface area contributed by atoms with E-state index >= 15 is 0 Å². The Hall–Kier alpha value is -3.68. The monoisotopic (exact) mass is 549 g/mol. The highest BCUT2D eigenvalue weighted by Gasteiger charge is 2.73. The smallest absolute Gasteiger partial charge is 0.326 e. The molecule has 3 aromatic carbocycles. The molecule has 7 nitrogen and oxygen atoms in total. The van der Waals surface area contributed by atoms with Crippen LogP contribution < -0.4 is 4.74 Å².